The van der Waals surface area contributed by atoms with E-state index in [2.05, 4.69) is 21.2 Å². The summed E-state index contributed by atoms with van der Waals surface area (Å²) in [7, 11) is 1.47. The summed E-state index contributed by atoms with van der Waals surface area (Å²) in [4.78, 5) is 27.0. The number of nitrogens with zero attached hydrogens (tertiary/aromatic N) is 1. The predicted molar refractivity (Wildman–Crippen MR) is 153 cm³/mol. The van der Waals surface area contributed by atoms with Crippen LogP contribution in [-0.4, -0.2) is 29.9 Å². The highest BCUT2D eigenvalue weighted by atomic mass is 79.9. The third-order valence-corrected chi connectivity index (χ3v) is 7.83. The van der Waals surface area contributed by atoms with Crippen LogP contribution in [-0.2, 0) is 9.59 Å². The van der Waals surface area contributed by atoms with Gasteiger partial charge >= 0.3 is 0 Å². The number of hydrogen-bond acceptors (Lipinski definition) is 6. The molecule has 4 rings (SSSR count). The minimum absolute atomic E-state index is 0.106. The summed E-state index contributed by atoms with van der Waals surface area (Å²) in [5.41, 5.74) is 1.56. The van der Waals surface area contributed by atoms with Crippen molar-refractivity contribution in [2.75, 3.05) is 23.9 Å². The summed E-state index contributed by atoms with van der Waals surface area (Å²) in [5, 5.41) is 3.07. The highest BCUT2D eigenvalue weighted by Gasteiger charge is 2.33. The molecule has 0 radical (unpaired) electrons. The molecular formula is C25H16BrCl2FN2O4S2. The average molecular weight is 642 g/mol. The van der Waals surface area contributed by atoms with Crippen LogP contribution in [0.2, 0.25) is 10.0 Å². The Bertz CT molecular complexity index is 1450. The maximum atomic E-state index is 13.5. The van der Waals surface area contributed by atoms with Gasteiger partial charge in [-0.3, -0.25) is 14.5 Å². The van der Waals surface area contributed by atoms with E-state index in [4.69, 9.17) is 44.9 Å². The van der Waals surface area contributed by atoms with E-state index in [0.29, 0.717) is 42.7 Å². The minimum atomic E-state index is -0.587. The summed E-state index contributed by atoms with van der Waals surface area (Å²) in [6, 6.07) is 14.0. The van der Waals surface area contributed by atoms with Crippen molar-refractivity contribution in [2.45, 2.75) is 0 Å². The van der Waals surface area contributed by atoms with E-state index in [1.165, 1.54) is 30.2 Å². The van der Waals surface area contributed by atoms with E-state index in [9.17, 15) is 14.0 Å². The molecule has 0 spiro atoms. The molecule has 1 saturated heterocycles. The molecule has 3 aromatic rings. The van der Waals surface area contributed by atoms with Gasteiger partial charge in [0, 0.05) is 10.2 Å². The maximum absolute atomic E-state index is 13.5. The molecule has 0 saturated carbocycles. The molecule has 1 fully saturated rings. The highest BCUT2D eigenvalue weighted by Crippen LogP contribution is 2.38. The summed E-state index contributed by atoms with van der Waals surface area (Å²) in [6.07, 6.45) is 1.65. The average Bonchev–Trinajstić information content (AvgIpc) is 3.14. The smallest absolute Gasteiger partial charge is 0.270 e. The van der Waals surface area contributed by atoms with E-state index < -0.39 is 5.82 Å². The number of thioether (sulfide) groups is 1. The summed E-state index contributed by atoms with van der Waals surface area (Å²) in [5.74, 6) is -0.613. The van der Waals surface area contributed by atoms with Gasteiger partial charge in [0.25, 0.3) is 11.8 Å². The fraction of sp³-hybridized carbons (Fsp3) is 0.0800. The number of amides is 2. The SMILES string of the molecule is COc1cc(/C=C2/SC(=S)N(c3ccc(F)c(Cl)c3)C2=O)ccc1OCC(=O)Nc1ccc(Br)c(Cl)c1. The van der Waals surface area contributed by atoms with Crippen LogP contribution < -0.4 is 19.7 Å². The molecule has 1 heterocycles. The number of anilines is 2. The van der Waals surface area contributed by atoms with Crippen LogP contribution >= 0.6 is 63.1 Å². The van der Waals surface area contributed by atoms with Crippen LogP contribution in [0.5, 0.6) is 11.5 Å². The number of nitrogens with one attached hydrogen (secondary N) is 1. The van der Waals surface area contributed by atoms with Crippen molar-refractivity contribution in [1.82, 2.24) is 0 Å². The Morgan fingerprint density at radius 3 is 2.62 bits per heavy atom. The lowest BCUT2D eigenvalue weighted by Crippen LogP contribution is -2.27. The number of halogens is 4. The number of ether oxygens (including phenoxy) is 2. The Hall–Kier alpha value is -2.63. The first kappa shape index (κ1) is 27.4. The van der Waals surface area contributed by atoms with Crippen molar-refractivity contribution in [1.29, 1.82) is 0 Å². The summed E-state index contributed by atoms with van der Waals surface area (Å²) >= 11 is 21.7. The molecular weight excluding hydrogens is 626 g/mol. The molecule has 12 heteroatoms. The molecule has 1 aliphatic rings. The first-order valence-electron chi connectivity index (χ1n) is 10.4. The monoisotopic (exact) mass is 640 g/mol. The number of rotatable bonds is 7. The van der Waals surface area contributed by atoms with Crippen LogP contribution in [0.15, 0.2) is 64.0 Å². The number of methoxy groups -OCH3 is 1. The van der Waals surface area contributed by atoms with Gasteiger partial charge in [-0.15, -0.1) is 0 Å². The third-order valence-electron chi connectivity index (χ3n) is 5.00. The summed E-state index contributed by atoms with van der Waals surface area (Å²) in [6.45, 7) is -0.262. The molecule has 1 aliphatic heterocycles. The highest BCUT2D eigenvalue weighted by molar-refractivity contribution is 9.10. The van der Waals surface area contributed by atoms with Crippen molar-refractivity contribution in [3.63, 3.8) is 0 Å². The first-order valence-corrected chi connectivity index (χ1v) is 13.2. The van der Waals surface area contributed by atoms with Gasteiger partial charge in [0.1, 0.15) is 5.82 Å². The third kappa shape index (κ3) is 6.45. The number of carbonyl (C=O) groups is 2. The number of carbonyl (C=O) groups excluding carboxylic acids is 2. The molecule has 6 nitrogen and oxygen atoms in total. The molecule has 190 valence electrons. The lowest BCUT2D eigenvalue weighted by molar-refractivity contribution is -0.118. The van der Waals surface area contributed by atoms with Gasteiger partial charge in [-0.05, 0) is 76.1 Å². The van der Waals surface area contributed by atoms with E-state index in [1.54, 1.807) is 42.5 Å². The van der Waals surface area contributed by atoms with Crippen molar-refractivity contribution in [3.8, 4) is 11.5 Å². The lowest BCUT2D eigenvalue weighted by Gasteiger charge is -2.14. The quantitative estimate of drug-likeness (QED) is 0.215. The Balaban J connectivity index is 1.45. The van der Waals surface area contributed by atoms with E-state index in [-0.39, 0.29) is 23.4 Å². The van der Waals surface area contributed by atoms with Gasteiger partial charge in [0.15, 0.2) is 22.4 Å². The van der Waals surface area contributed by atoms with Crippen LogP contribution in [0, 0.1) is 5.82 Å². The zero-order valence-electron chi connectivity index (χ0n) is 18.9. The van der Waals surface area contributed by atoms with Gasteiger partial charge in [-0.1, -0.05) is 53.2 Å². The summed E-state index contributed by atoms with van der Waals surface area (Å²) < 4.78 is 25.6. The normalized spacial score (nSPS) is 14.3. The predicted octanol–water partition coefficient (Wildman–Crippen LogP) is 7.33. The topological polar surface area (TPSA) is 67.9 Å². The standard InChI is InChI=1S/C25H16BrCl2FN2O4S2/c1-34-21-8-13(2-7-20(21)35-12-23(32)30-14-3-5-16(26)17(27)10-14)9-22-24(33)31(25(36)37-22)15-4-6-19(29)18(28)11-15/h2-11H,12H2,1H3,(H,30,32)/b22-9+. The Labute approximate surface area is 239 Å². The molecule has 0 atom stereocenters. The van der Waals surface area contributed by atoms with Gasteiger partial charge in [-0.2, -0.15) is 0 Å². The molecule has 1 N–H and O–H groups in total. The van der Waals surface area contributed by atoms with Gasteiger partial charge in [-0.25, -0.2) is 4.39 Å². The zero-order valence-corrected chi connectivity index (χ0v) is 23.6. The molecule has 2 amide bonds. The van der Waals surface area contributed by atoms with E-state index >= 15 is 0 Å². The lowest BCUT2D eigenvalue weighted by atomic mass is 10.2. The van der Waals surface area contributed by atoms with Gasteiger partial charge < -0.3 is 14.8 Å². The number of benzene rings is 3. The van der Waals surface area contributed by atoms with Crippen molar-refractivity contribution in [3.05, 3.63) is 85.4 Å². The molecule has 0 bridgehead atoms. The largest absolute Gasteiger partial charge is 0.493 e. The van der Waals surface area contributed by atoms with Crippen LogP contribution in [0.25, 0.3) is 6.08 Å². The van der Waals surface area contributed by atoms with Gasteiger partial charge in [0.05, 0.1) is 27.7 Å². The minimum Gasteiger partial charge on any atom is -0.493 e. The fourth-order valence-corrected chi connectivity index (χ4v) is 5.17. The van der Waals surface area contributed by atoms with Crippen LogP contribution in [0.4, 0.5) is 15.8 Å². The van der Waals surface area contributed by atoms with Gasteiger partial charge in [0.2, 0.25) is 0 Å². The van der Waals surface area contributed by atoms with Crippen molar-refractivity contribution >= 4 is 96.7 Å². The molecule has 0 aliphatic carbocycles. The molecule has 3 aromatic carbocycles. The van der Waals surface area contributed by atoms with E-state index in [0.717, 1.165) is 16.2 Å². The zero-order chi connectivity index (χ0) is 26.7. The van der Waals surface area contributed by atoms with Crippen LogP contribution in [0.1, 0.15) is 5.56 Å². The van der Waals surface area contributed by atoms with Crippen LogP contribution in [0.3, 0.4) is 0 Å². The Morgan fingerprint density at radius 1 is 1.14 bits per heavy atom. The Morgan fingerprint density at radius 2 is 1.92 bits per heavy atom. The second-order valence-corrected chi connectivity index (χ2v) is 10.8. The second-order valence-electron chi connectivity index (χ2n) is 7.49. The second kappa shape index (κ2) is 11.8. The van der Waals surface area contributed by atoms with E-state index in [1.807, 2.05) is 0 Å². The number of thiocarbonyl (C=S) groups is 1. The number of hydrogen-bond donors (Lipinski definition) is 1. The Kier molecular flexibility index (Phi) is 8.76. The molecule has 0 aromatic heterocycles. The fourth-order valence-electron chi connectivity index (χ4n) is 3.27. The molecule has 0 unspecified atom stereocenters. The van der Waals surface area contributed by atoms with Crippen molar-refractivity contribution in [2.24, 2.45) is 0 Å². The molecule has 37 heavy (non-hydrogen) atoms. The maximum Gasteiger partial charge on any atom is 0.270 e. The first-order chi connectivity index (χ1) is 17.7. The van der Waals surface area contributed by atoms with Crippen molar-refractivity contribution < 1.29 is 23.5 Å².